The third-order valence-corrected chi connectivity index (χ3v) is 3.18. The van der Waals surface area contributed by atoms with Crippen LogP contribution < -0.4 is 4.90 Å². The van der Waals surface area contributed by atoms with Gasteiger partial charge in [-0.1, -0.05) is 18.2 Å². The second-order valence-corrected chi connectivity index (χ2v) is 4.51. The number of benzene rings is 1. The Hall–Kier alpha value is -1.88. The molecule has 0 radical (unpaired) electrons. The number of hydrogen-bond donors (Lipinski definition) is 1. The van der Waals surface area contributed by atoms with Gasteiger partial charge in [0.05, 0.1) is 13.0 Å². The van der Waals surface area contributed by atoms with E-state index in [2.05, 4.69) is 0 Å². The first-order valence-electron chi connectivity index (χ1n) is 5.85. The van der Waals surface area contributed by atoms with Crippen molar-refractivity contribution in [3.05, 3.63) is 30.3 Å². The third kappa shape index (κ3) is 2.68. The summed E-state index contributed by atoms with van der Waals surface area (Å²) in [4.78, 5) is 26.2. The van der Waals surface area contributed by atoms with Gasteiger partial charge in [-0.25, -0.2) is 0 Å². The zero-order valence-electron chi connectivity index (χ0n) is 10.2. The predicted molar refractivity (Wildman–Crippen MR) is 67.5 cm³/mol. The van der Waals surface area contributed by atoms with E-state index in [1.165, 1.54) is 0 Å². The lowest BCUT2D eigenvalue weighted by atomic mass is 10.1. The Bertz CT molecular complexity index is 447. The van der Waals surface area contributed by atoms with Gasteiger partial charge in [-0.2, -0.15) is 0 Å². The summed E-state index contributed by atoms with van der Waals surface area (Å²) in [5.74, 6) is -0.834. The van der Waals surface area contributed by atoms with Gasteiger partial charge in [0.2, 0.25) is 5.91 Å². The molecule has 0 bridgehead atoms. The van der Waals surface area contributed by atoms with E-state index in [1.807, 2.05) is 30.3 Å². The number of piperazine rings is 1. The smallest absolute Gasteiger partial charge is 0.305 e. The van der Waals surface area contributed by atoms with Crippen LogP contribution in [-0.4, -0.2) is 48.1 Å². The van der Waals surface area contributed by atoms with Crippen LogP contribution in [0.25, 0.3) is 0 Å². The van der Waals surface area contributed by atoms with E-state index in [-0.39, 0.29) is 24.9 Å². The third-order valence-electron chi connectivity index (χ3n) is 3.18. The van der Waals surface area contributed by atoms with Crippen molar-refractivity contribution in [3.63, 3.8) is 0 Å². The number of likely N-dealkylation sites (N-methyl/N-ethyl adjacent to an activating group) is 1. The lowest BCUT2D eigenvalue weighted by molar-refractivity contribution is -0.139. The van der Waals surface area contributed by atoms with Crippen LogP contribution in [0.4, 0.5) is 5.69 Å². The number of para-hydroxylation sites is 1. The van der Waals surface area contributed by atoms with E-state index in [1.54, 1.807) is 16.8 Å². The number of anilines is 1. The molecule has 1 atom stereocenters. The van der Waals surface area contributed by atoms with Crippen LogP contribution >= 0.6 is 0 Å². The van der Waals surface area contributed by atoms with Crippen LogP contribution in [0.1, 0.15) is 6.42 Å². The van der Waals surface area contributed by atoms with Crippen molar-refractivity contribution in [1.29, 1.82) is 0 Å². The lowest BCUT2D eigenvalue weighted by Crippen LogP contribution is -2.55. The molecule has 1 unspecified atom stereocenters. The molecule has 96 valence electrons. The number of carbonyl (C=O) groups excluding carboxylic acids is 1. The molecule has 0 saturated carbocycles. The molecule has 0 spiro atoms. The first-order chi connectivity index (χ1) is 8.58. The second kappa shape index (κ2) is 5.18. The van der Waals surface area contributed by atoms with Gasteiger partial charge in [0.15, 0.2) is 0 Å². The normalized spacial score (nSPS) is 21.1. The molecule has 5 nitrogen and oxygen atoms in total. The number of carboxylic acids is 1. The van der Waals surface area contributed by atoms with Crippen molar-refractivity contribution < 1.29 is 14.7 Å². The van der Waals surface area contributed by atoms with E-state index >= 15 is 0 Å². The Labute approximate surface area is 106 Å². The van der Waals surface area contributed by atoms with Crippen LogP contribution in [0.5, 0.6) is 0 Å². The molecule has 1 amide bonds. The molecule has 1 saturated heterocycles. The van der Waals surface area contributed by atoms with Gasteiger partial charge in [-0.3, -0.25) is 14.5 Å². The fourth-order valence-electron chi connectivity index (χ4n) is 2.16. The number of rotatable bonds is 3. The van der Waals surface area contributed by atoms with Gasteiger partial charge in [-0.15, -0.1) is 0 Å². The maximum absolute atomic E-state index is 12.0. The fourth-order valence-corrected chi connectivity index (χ4v) is 2.16. The average Bonchev–Trinajstić information content (AvgIpc) is 2.33. The number of carbonyl (C=O) groups is 2. The zero-order chi connectivity index (χ0) is 13.1. The van der Waals surface area contributed by atoms with E-state index in [0.29, 0.717) is 6.54 Å². The summed E-state index contributed by atoms with van der Waals surface area (Å²) in [6.45, 7) is 0.679. The number of hydrogen-bond acceptors (Lipinski definition) is 3. The molecule has 1 aliphatic heterocycles. The van der Waals surface area contributed by atoms with Gasteiger partial charge in [0.1, 0.15) is 0 Å². The average molecular weight is 248 g/mol. The quantitative estimate of drug-likeness (QED) is 0.860. The van der Waals surface area contributed by atoms with Gasteiger partial charge in [-0.05, 0) is 19.2 Å². The first kappa shape index (κ1) is 12.6. The topological polar surface area (TPSA) is 60.9 Å². The van der Waals surface area contributed by atoms with Gasteiger partial charge in [0, 0.05) is 18.3 Å². The Morgan fingerprint density at radius 2 is 2.06 bits per heavy atom. The fraction of sp³-hybridized carbons (Fsp3) is 0.385. The van der Waals surface area contributed by atoms with E-state index in [9.17, 15) is 9.59 Å². The van der Waals surface area contributed by atoms with Gasteiger partial charge >= 0.3 is 5.97 Å². The SMILES string of the molecule is CN1CC(=O)N(c2ccccc2)CC1CC(=O)O. The van der Waals surface area contributed by atoms with Crippen LogP contribution in [0.2, 0.25) is 0 Å². The molecular formula is C13H16N2O3. The summed E-state index contributed by atoms with van der Waals surface area (Å²) < 4.78 is 0. The minimum absolute atomic E-state index is 0.00494. The molecule has 0 aromatic heterocycles. The molecule has 2 rings (SSSR count). The number of nitrogens with zero attached hydrogens (tertiary/aromatic N) is 2. The number of aliphatic carboxylic acids is 1. The molecule has 1 aromatic rings. The Morgan fingerprint density at radius 3 is 2.67 bits per heavy atom. The summed E-state index contributed by atoms with van der Waals surface area (Å²) in [6.07, 6.45) is 0.0487. The highest BCUT2D eigenvalue weighted by Gasteiger charge is 2.31. The lowest BCUT2D eigenvalue weighted by Gasteiger charge is -2.38. The molecule has 1 N–H and O–H groups in total. The highest BCUT2D eigenvalue weighted by atomic mass is 16.4. The van der Waals surface area contributed by atoms with Crippen molar-refractivity contribution in [2.24, 2.45) is 0 Å². The molecule has 5 heteroatoms. The zero-order valence-corrected chi connectivity index (χ0v) is 10.2. The van der Waals surface area contributed by atoms with Crippen molar-refractivity contribution in [1.82, 2.24) is 4.90 Å². The summed E-state index contributed by atoms with van der Waals surface area (Å²) in [5.41, 5.74) is 0.825. The number of amides is 1. The maximum Gasteiger partial charge on any atom is 0.305 e. The van der Waals surface area contributed by atoms with Crippen LogP contribution in [0, 0.1) is 0 Å². The largest absolute Gasteiger partial charge is 0.481 e. The van der Waals surface area contributed by atoms with Gasteiger partial charge < -0.3 is 10.0 Å². The molecule has 1 fully saturated rings. The highest BCUT2D eigenvalue weighted by Crippen LogP contribution is 2.20. The maximum atomic E-state index is 12.0. The standard InChI is InChI=1S/C13H16N2O3/c1-14-9-12(16)15(8-11(14)7-13(17)18)10-5-3-2-4-6-10/h2-6,11H,7-9H2,1H3,(H,17,18). The van der Waals surface area contributed by atoms with Crippen molar-refractivity contribution in [3.8, 4) is 0 Å². The molecule has 0 aliphatic carbocycles. The molecule has 1 aromatic carbocycles. The summed E-state index contributed by atoms with van der Waals surface area (Å²) in [5, 5.41) is 8.88. The van der Waals surface area contributed by atoms with E-state index in [0.717, 1.165) is 5.69 Å². The Kier molecular flexibility index (Phi) is 3.62. The number of carboxylic acid groups (broad SMARTS) is 1. The molecular weight excluding hydrogens is 232 g/mol. The Morgan fingerprint density at radius 1 is 1.39 bits per heavy atom. The molecule has 1 aliphatic rings. The summed E-state index contributed by atoms with van der Waals surface area (Å²) in [7, 11) is 1.79. The van der Waals surface area contributed by atoms with Crippen LogP contribution in [0.3, 0.4) is 0 Å². The minimum atomic E-state index is -0.839. The summed E-state index contributed by atoms with van der Waals surface area (Å²) >= 11 is 0. The predicted octanol–water partition coefficient (Wildman–Crippen LogP) is 0.808. The van der Waals surface area contributed by atoms with E-state index < -0.39 is 5.97 Å². The van der Waals surface area contributed by atoms with Crippen molar-refractivity contribution in [2.45, 2.75) is 12.5 Å². The first-order valence-corrected chi connectivity index (χ1v) is 5.85. The highest BCUT2D eigenvalue weighted by molar-refractivity contribution is 5.95. The molecule has 1 heterocycles. The summed E-state index contributed by atoms with van der Waals surface area (Å²) in [6, 6.07) is 9.21. The minimum Gasteiger partial charge on any atom is -0.481 e. The monoisotopic (exact) mass is 248 g/mol. The van der Waals surface area contributed by atoms with Crippen LogP contribution in [0.15, 0.2) is 30.3 Å². The van der Waals surface area contributed by atoms with Crippen molar-refractivity contribution in [2.75, 3.05) is 25.0 Å². The molecule has 18 heavy (non-hydrogen) atoms. The Balaban J connectivity index is 2.16. The second-order valence-electron chi connectivity index (χ2n) is 4.51. The van der Waals surface area contributed by atoms with Gasteiger partial charge in [0.25, 0.3) is 0 Å². The van der Waals surface area contributed by atoms with Crippen molar-refractivity contribution >= 4 is 17.6 Å². The van der Waals surface area contributed by atoms with E-state index in [4.69, 9.17) is 5.11 Å². The van der Waals surface area contributed by atoms with Crippen LogP contribution in [-0.2, 0) is 9.59 Å².